The third kappa shape index (κ3) is 4.32. The summed E-state index contributed by atoms with van der Waals surface area (Å²) < 4.78 is 6.37. The van der Waals surface area contributed by atoms with E-state index in [2.05, 4.69) is 73.7 Å². The second-order valence-corrected chi connectivity index (χ2v) is 11.9. The van der Waals surface area contributed by atoms with Crippen molar-refractivity contribution in [2.75, 3.05) is 6.61 Å². The minimum atomic E-state index is -0.199. The van der Waals surface area contributed by atoms with E-state index in [1.54, 1.807) is 0 Å². The highest BCUT2D eigenvalue weighted by molar-refractivity contribution is 5.94. The zero-order valence-electron chi connectivity index (χ0n) is 24.3. The minimum Gasteiger partial charge on any atom is -0.485 e. The standard InChI is InChI=1S/C39H33N2O2/c1-24-21-27-11-5-6-12-28(27)29-17-18-31-30(35(24)29)16-15-26(19-20-42)36(31)39-37-32-13-7-8-14-33(32)41-38(37)34(22-40-39)43-23-25-9-3-2-4-10-25/h2-7,9-14,17-18,21-22,24,26,39,42H,15-16,19-20,23H2,1H3. The highest BCUT2D eigenvalue weighted by Crippen LogP contribution is 2.40. The molecule has 0 aromatic heterocycles. The van der Waals surface area contributed by atoms with E-state index < -0.39 is 0 Å². The van der Waals surface area contributed by atoms with Crippen LogP contribution in [0, 0.1) is 22.4 Å². The number of ether oxygens (including phenoxy) is 1. The molecule has 2 heterocycles. The summed E-state index contributed by atoms with van der Waals surface area (Å²) in [6.45, 7) is 2.93. The number of aliphatic hydroxyl groups is 1. The van der Waals surface area contributed by atoms with Crippen molar-refractivity contribution in [1.82, 2.24) is 0 Å². The van der Waals surface area contributed by atoms with E-state index in [1.807, 2.05) is 36.5 Å². The second kappa shape index (κ2) is 10.6. The van der Waals surface area contributed by atoms with Gasteiger partial charge >= 0.3 is 0 Å². The van der Waals surface area contributed by atoms with Crippen molar-refractivity contribution in [2.45, 2.75) is 44.8 Å². The number of allylic oxidation sites excluding steroid dienone is 1. The largest absolute Gasteiger partial charge is 0.485 e. The Bertz CT molecular complexity index is 2180. The molecule has 4 aromatic rings. The first-order chi connectivity index (χ1) is 21.2. The van der Waals surface area contributed by atoms with E-state index in [-0.39, 0.29) is 18.6 Å². The molecular weight excluding hydrogens is 528 g/mol. The quantitative estimate of drug-likeness (QED) is 0.385. The first kappa shape index (κ1) is 26.1. The SMILES string of the molecule is CC1C=c2ccccc2=c2ccc3c(c21)CCC(CCO)C=3C1N=CC(OCc2ccccc2)=C2N=c3c[c]ccc3=C21. The van der Waals surface area contributed by atoms with E-state index in [0.29, 0.717) is 18.3 Å². The molecule has 4 heteroatoms. The van der Waals surface area contributed by atoms with Gasteiger partial charge in [-0.25, -0.2) is 4.99 Å². The molecule has 0 saturated heterocycles. The maximum absolute atomic E-state index is 10.2. The number of aliphatic hydroxyl groups excluding tert-OH is 1. The number of rotatable bonds is 6. The summed E-state index contributed by atoms with van der Waals surface area (Å²) in [6, 6.07) is 32.6. The number of benzene rings is 4. The molecule has 3 atom stereocenters. The lowest BCUT2D eigenvalue weighted by atomic mass is 9.73. The van der Waals surface area contributed by atoms with Crippen molar-refractivity contribution in [3.63, 3.8) is 0 Å². The van der Waals surface area contributed by atoms with Crippen molar-refractivity contribution < 1.29 is 9.84 Å². The lowest BCUT2D eigenvalue weighted by molar-refractivity contribution is 0.216. The molecule has 4 aliphatic rings. The molecule has 211 valence electrons. The van der Waals surface area contributed by atoms with Crippen molar-refractivity contribution in [2.24, 2.45) is 15.9 Å². The number of hydrogen-bond acceptors (Lipinski definition) is 4. The van der Waals surface area contributed by atoms with Gasteiger partial charge in [0.25, 0.3) is 0 Å². The number of dihydropyridines is 1. The average molecular weight is 562 g/mol. The topological polar surface area (TPSA) is 54.2 Å². The Morgan fingerprint density at radius 2 is 1.77 bits per heavy atom. The van der Waals surface area contributed by atoms with Crippen LogP contribution >= 0.6 is 0 Å². The van der Waals surface area contributed by atoms with Crippen molar-refractivity contribution >= 4 is 23.4 Å². The summed E-state index contributed by atoms with van der Waals surface area (Å²) in [7, 11) is 0. The normalized spacial score (nSPS) is 21.2. The van der Waals surface area contributed by atoms with Crippen LogP contribution in [-0.4, -0.2) is 24.0 Å². The van der Waals surface area contributed by atoms with Crippen molar-refractivity contribution in [3.8, 4) is 0 Å². The highest BCUT2D eigenvalue weighted by atomic mass is 16.5. The monoisotopic (exact) mass is 561 g/mol. The van der Waals surface area contributed by atoms with Crippen LogP contribution in [-0.2, 0) is 17.8 Å². The Hall–Kier alpha value is -4.54. The molecule has 0 saturated carbocycles. The Morgan fingerprint density at radius 3 is 2.65 bits per heavy atom. The lowest BCUT2D eigenvalue weighted by Crippen LogP contribution is -2.36. The van der Waals surface area contributed by atoms with Gasteiger partial charge < -0.3 is 9.84 Å². The smallest absolute Gasteiger partial charge is 0.163 e. The molecule has 1 radical (unpaired) electrons. The summed E-state index contributed by atoms with van der Waals surface area (Å²) in [4.78, 5) is 10.3. The summed E-state index contributed by atoms with van der Waals surface area (Å²) in [6.07, 6.45) is 7.01. The maximum Gasteiger partial charge on any atom is 0.163 e. The molecule has 0 bridgehead atoms. The lowest BCUT2D eigenvalue weighted by Gasteiger charge is -2.33. The summed E-state index contributed by atoms with van der Waals surface area (Å²) in [5, 5.41) is 17.4. The third-order valence-electron chi connectivity index (χ3n) is 9.46. The van der Waals surface area contributed by atoms with Gasteiger partial charge in [0.05, 0.1) is 11.6 Å². The van der Waals surface area contributed by atoms with Gasteiger partial charge in [0, 0.05) is 23.3 Å². The molecule has 43 heavy (non-hydrogen) atoms. The first-order valence-corrected chi connectivity index (χ1v) is 15.3. The van der Waals surface area contributed by atoms with Gasteiger partial charge in [-0.15, -0.1) is 0 Å². The minimum absolute atomic E-state index is 0.155. The van der Waals surface area contributed by atoms with E-state index in [1.165, 1.54) is 37.6 Å². The Morgan fingerprint density at radius 1 is 0.930 bits per heavy atom. The van der Waals surface area contributed by atoms with Gasteiger partial charge in [-0.1, -0.05) is 91.9 Å². The van der Waals surface area contributed by atoms with E-state index in [9.17, 15) is 5.11 Å². The van der Waals surface area contributed by atoms with E-state index in [4.69, 9.17) is 14.7 Å². The zero-order valence-corrected chi connectivity index (χ0v) is 24.3. The Balaban J connectivity index is 1.35. The van der Waals surface area contributed by atoms with Gasteiger partial charge in [0.1, 0.15) is 18.3 Å². The summed E-state index contributed by atoms with van der Waals surface area (Å²) in [5.41, 5.74) is 7.24. The molecule has 4 nitrogen and oxygen atoms in total. The molecule has 4 aromatic carbocycles. The second-order valence-electron chi connectivity index (χ2n) is 11.9. The van der Waals surface area contributed by atoms with Crippen LogP contribution in [0.5, 0.6) is 0 Å². The fourth-order valence-electron chi connectivity index (χ4n) is 7.59. The summed E-state index contributed by atoms with van der Waals surface area (Å²) in [5.74, 6) is 1.25. The van der Waals surface area contributed by atoms with Crippen LogP contribution in [0.1, 0.15) is 42.4 Å². The van der Waals surface area contributed by atoms with Crippen LogP contribution in [0.3, 0.4) is 0 Å². The molecule has 3 unspecified atom stereocenters. The Labute approximate surface area is 250 Å². The highest BCUT2D eigenvalue weighted by Gasteiger charge is 2.36. The molecule has 2 aliphatic heterocycles. The van der Waals surface area contributed by atoms with Gasteiger partial charge in [0.2, 0.25) is 0 Å². The van der Waals surface area contributed by atoms with E-state index >= 15 is 0 Å². The molecule has 8 rings (SSSR count). The van der Waals surface area contributed by atoms with Gasteiger partial charge in [-0.2, -0.15) is 0 Å². The summed E-state index contributed by atoms with van der Waals surface area (Å²) >= 11 is 0. The predicted molar refractivity (Wildman–Crippen MR) is 170 cm³/mol. The first-order valence-electron chi connectivity index (χ1n) is 15.3. The molecule has 2 aliphatic carbocycles. The maximum atomic E-state index is 10.2. The van der Waals surface area contributed by atoms with Crippen LogP contribution in [0.25, 0.3) is 17.2 Å². The number of nitrogens with zero attached hydrogens (tertiary/aromatic N) is 2. The fourth-order valence-corrected chi connectivity index (χ4v) is 7.59. The number of aliphatic imine (C=N–C) groups is 1. The third-order valence-corrected chi connectivity index (χ3v) is 9.46. The number of fused-ring (bicyclic) bond motifs is 6. The van der Waals surface area contributed by atoms with Crippen LogP contribution in [0.2, 0.25) is 0 Å². The fraction of sp³-hybridized carbons (Fsp3) is 0.231. The molecule has 0 spiro atoms. The molecule has 0 fully saturated rings. The van der Waals surface area contributed by atoms with Gasteiger partial charge in [-0.3, -0.25) is 4.99 Å². The number of hydrogen-bond donors (Lipinski definition) is 1. The van der Waals surface area contributed by atoms with Crippen LogP contribution < -0.4 is 21.0 Å². The molecular formula is C39H33N2O2. The van der Waals surface area contributed by atoms with Gasteiger partial charge in [0.15, 0.2) is 5.76 Å². The predicted octanol–water partition coefficient (Wildman–Crippen LogP) is 4.13. The van der Waals surface area contributed by atoms with Gasteiger partial charge in [-0.05, 0) is 80.5 Å². The zero-order chi connectivity index (χ0) is 28.9. The van der Waals surface area contributed by atoms with Crippen molar-refractivity contribution in [3.05, 3.63) is 151 Å². The van der Waals surface area contributed by atoms with Crippen LogP contribution in [0.15, 0.2) is 106 Å². The van der Waals surface area contributed by atoms with Crippen molar-refractivity contribution in [1.29, 1.82) is 0 Å². The average Bonchev–Trinajstić information content (AvgIpc) is 3.44. The molecule has 1 N–H and O–H groups in total. The molecule has 0 amide bonds. The van der Waals surface area contributed by atoms with E-state index in [0.717, 1.165) is 46.7 Å². The Kier molecular flexibility index (Phi) is 6.45. The van der Waals surface area contributed by atoms with Crippen LogP contribution in [0.4, 0.5) is 0 Å².